The molecule has 4 nitrogen and oxygen atoms in total. The molecular weight excluding hydrogens is 302 g/mol. The van der Waals surface area contributed by atoms with Crippen LogP contribution in [0.2, 0.25) is 0 Å². The Morgan fingerprint density at radius 2 is 1.91 bits per heavy atom. The Balaban J connectivity index is 1.59. The van der Waals surface area contributed by atoms with E-state index in [0.29, 0.717) is 12.3 Å². The van der Waals surface area contributed by atoms with Crippen LogP contribution < -0.4 is 5.32 Å². The maximum absolute atomic E-state index is 13.6. The van der Waals surface area contributed by atoms with E-state index >= 15 is 0 Å². The van der Waals surface area contributed by atoms with Gasteiger partial charge in [0.15, 0.2) is 0 Å². The van der Waals surface area contributed by atoms with Crippen molar-refractivity contribution >= 4 is 17.5 Å². The van der Waals surface area contributed by atoms with Crippen molar-refractivity contribution in [3.8, 4) is 0 Å². The van der Waals surface area contributed by atoms with Gasteiger partial charge in [-0.15, -0.1) is 0 Å². The number of amides is 2. The number of halogens is 2. The molecule has 1 aliphatic carbocycles. The summed E-state index contributed by atoms with van der Waals surface area (Å²) in [5, 5.41) is 2.28. The Labute approximate surface area is 133 Å². The number of carbonyl (C=O) groups is 2. The molecule has 1 N–H and O–H groups in total. The average molecular weight is 322 g/mol. The number of likely N-dealkylation sites (tertiary alicyclic amines) is 1. The van der Waals surface area contributed by atoms with Gasteiger partial charge in [0.1, 0.15) is 17.3 Å². The molecule has 0 radical (unpaired) electrons. The fraction of sp³-hybridized carbons (Fsp3) is 0.529. The zero-order valence-electron chi connectivity index (χ0n) is 13.0. The van der Waals surface area contributed by atoms with Crippen molar-refractivity contribution in [2.24, 2.45) is 17.8 Å². The maximum atomic E-state index is 13.6. The molecule has 6 heteroatoms. The van der Waals surface area contributed by atoms with E-state index in [2.05, 4.69) is 12.2 Å². The molecule has 0 spiro atoms. The van der Waals surface area contributed by atoms with Gasteiger partial charge in [-0.1, -0.05) is 13.0 Å². The standard InChI is InChI=1S/C17H20F2N2O2/c1-10-4-3-7-21(9-10)17(23)12-8-11(12)16(22)20-15-13(18)5-2-6-14(15)19/h2,5-6,10-12H,3-4,7-9H2,1H3,(H,20,22). The lowest BCUT2D eigenvalue weighted by molar-refractivity contribution is -0.135. The molecule has 23 heavy (non-hydrogen) atoms. The Morgan fingerprint density at radius 1 is 1.22 bits per heavy atom. The third kappa shape index (κ3) is 3.35. The Morgan fingerprint density at radius 3 is 2.57 bits per heavy atom. The van der Waals surface area contributed by atoms with Crippen LogP contribution in [-0.4, -0.2) is 29.8 Å². The maximum Gasteiger partial charge on any atom is 0.228 e. The van der Waals surface area contributed by atoms with Crippen molar-refractivity contribution in [2.45, 2.75) is 26.2 Å². The molecule has 1 heterocycles. The van der Waals surface area contributed by atoms with Crippen LogP contribution in [0.1, 0.15) is 26.2 Å². The van der Waals surface area contributed by atoms with Gasteiger partial charge in [-0.3, -0.25) is 9.59 Å². The lowest BCUT2D eigenvalue weighted by Crippen LogP contribution is -2.40. The Kier molecular flexibility index (Phi) is 4.33. The van der Waals surface area contributed by atoms with Gasteiger partial charge in [0.05, 0.1) is 11.8 Å². The molecule has 2 amide bonds. The fourth-order valence-electron chi connectivity index (χ4n) is 3.21. The van der Waals surface area contributed by atoms with Gasteiger partial charge >= 0.3 is 0 Å². The number of hydrogen-bond acceptors (Lipinski definition) is 2. The first-order chi connectivity index (χ1) is 11.0. The largest absolute Gasteiger partial charge is 0.342 e. The number of hydrogen-bond donors (Lipinski definition) is 1. The number of carbonyl (C=O) groups excluding carboxylic acids is 2. The Hall–Kier alpha value is -1.98. The second-order valence-corrected chi connectivity index (χ2v) is 6.57. The lowest BCUT2D eigenvalue weighted by Gasteiger charge is -2.31. The summed E-state index contributed by atoms with van der Waals surface area (Å²) in [7, 11) is 0. The molecule has 2 fully saturated rings. The average Bonchev–Trinajstić information content (AvgIpc) is 3.31. The van der Waals surface area contributed by atoms with Crippen molar-refractivity contribution in [2.75, 3.05) is 18.4 Å². The number of anilines is 1. The minimum absolute atomic E-state index is 0.00861. The number of para-hydroxylation sites is 1. The van der Waals surface area contributed by atoms with Crippen LogP contribution in [0.4, 0.5) is 14.5 Å². The fourth-order valence-corrected chi connectivity index (χ4v) is 3.21. The minimum atomic E-state index is -0.813. The number of benzene rings is 1. The molecule has 3 rings (SSSR count). The molecule has 0 bridgehead atoms. The van der Waals surface area contributed by atoms with Gasteiger partial charge in [-0.25, -0.2) is 8.78 Å². The highest BCUT2D eigenvalue weighted by Crippen LogP contribution is 2.41. The number of rotatable bonds is 3. The summed E-state index contributed by atoms with van der Waals surface area (Å²) in [5.74, 6) is -2.48. The Bertz CT molecular complexity index is 615. The molecule has 124 valence electrons. The van der Waals surface area contributed by atoms with Crippen LogP contribution in [0.5, 0.6) is 0 Å². The van der Waals surface area contributed by atoms with E-state index in [1.807, 2.05) is 4.90 Å². The van der Waals surface area contributed by atoms with Crippen LogP contribution in [0.3, 0.4) is 0 Å². The predicted molar refractivity (Wildman–Crippen MR) is 81.6 cm³/mol. The summed E-state index contributed by atoms with van der Waals surface area (Å²) < 4.78 is 27.1. The normalized spacial score (nSPS) is 26.7. The first-order valence-corrected chi connectivity index (χ1v) is 8.01. The topological polar surface area (TPSA) is 49.4 Å². The van der Waals surface area contributed by atoms with E-state index in [-0.39, 0.29) is 11.8 Å². The monoisotopic (exact) mass is 322 g/mol. The van der Waals surface area contributed by atoms with Crippen LogP contribution >= 0.6 is 0 Å². The highest BCUT2D eigenvalue weighted by Gasteiger charge is 2.50. The molecule has 3 unspecified atom stereocenters. The summed E-state index contributed by atoms with van der Waals surface area (Å²) in [6.45, 7) is 3.57. The van der Waals surface area contributed by atoms with Crippen molar-refractivity contribution in [3.63, 3.8) is 0 Å². The zero-order chi connectivity index (χ0) is 16.6. The van der Waals surface area contributed by atoms with E-state index in [0.717, 1.165) is 38.1 Å². The number of piperidine rings is 1. The van der Waals surface area contributed by atoms with E-state index < -0.39 is 29.1 Å². The van der Waals surface area contributed by atoms with Gasteiger partial charge in [-0.05, 0) is 37.3 Å². The predicted octanol–water partition coefficient (Wildman–Crippen LogP) is 2.80. The van der Waals surface area contributed by atoms with Crippen LogP contribution in [0.25, 0.3) is 0 Å². The summed E-state index contributed by atoms with van der Waals surface area (Å²) in [4.78, 5) is 26.3. The molecular formula is C17H20F2N2O2. The van der Waals surface area contributed by atoms with E-state index in [1.165, 1.54) is 6.07 Å². The second kappa shape index (κ2) is 6.26. The minimum Gasteiger partial charge on any atom is -0.342 e. The second-order valence-electron chi connectivity index (χ2n) is 6.57. The molecule has 1 aromatic rings. The van der Waals surface area contributed by atoms with Crippen molar-refractivity contribution in [1.29, 1.82) is 0 Å². The van der Waals surface area contributed by atoms with Crippen LogP contribution in [0.15, 0.2) is 18.2 Å². The summed E-state index contributed by atoms with van der Waals surface area (Å²) in [6.07, 6.45) is 2.55. The van der Waals surface area contributed by atoms with Gasteiger partial charge in [0.2, 0.25) is 11.8 Å². The molecule has 0 aromatic heterocycles. The first-order valence-electron chi connectivity index (χ1n) is 8.01. The highest BCUT2D eigenvalue weighted by molar-refractivity contribution is 5.99. The number of nitrogens with zero attached hydrogens (tertiary/aromatic N) is 1. The molecule has 1 aliphatic heterocycles. The smallest absolute Gasteiger partial charge is 0.228 e. The zero-order valence-corrected chi connectivity index (χ0v) is 13.0. The van der Waals surface area contributed by atoms with Crippen molar-refractivity contribution in [3.05, 3.63) is 29.8 Å². The molecule has 1 saturated heterocycles. The van der Waals surface area contributed by atoms with E-state index in [9.17, 15) is 18.4 Å². The quantitative estimate of drug-likeness (QED) is 0.930. The summed E-state index contributed by atoms with van der Waals surface area (Å²) in [5.41, 5.74) is -0.442. The highest BCUT2D eigenvalue weighted by atomic mass is 19.1. The van der Waals surface area contributed by atoms with Gasteiger partial charge < -0.3 is 10.2 Å². The first kappa shape index (κ1) is 15.9. The summed E-state index contributed by atoms with van der Waals surface area (Å²) >= 11 is 0. The van der Waals surface area contributed by atoms with E-state index in [4.69, 9.17) is 0 Å². The number of nitrogens with one attached hydrogen (secondary N) is 1. The third-order valence-electron chi connectivity index (χ3n) is 4.62. The van der Waals surface area contributed by atoms with E-state index in [1.54, 1.807) is 0 Å². The SMILES string of the molecule is CC1CCCN(C(=O)C2CC2C(=O)Nc2c(F)cccc2F)C1. The van der Waals surface area contributed by atoms with Gasteiger partial charge in [-0.2, -0.15) is 0 Å². The third-order valence-corrected chi connectivity index (χ3v) is 4.62. The molecule has 1 aromatic carbocycles. The van der Waals surface area contributed by atoms with Gasteiger partial charge in [0, 0.05) is 13.1 Å². The summed E-state index contributed by atoms with van der Waals surface area (Å²) in [6, 6.07) is 3.41. The van der Waals surface area contributed by atoms with Crippen LogP contribution in [-0.2, 0) is 9.59 Å². The molecule has 1 saturated carbocycles. The molecule has 3 atom stereocenters. The molecule has 2 aliphatic rings. The van der Waals surface area contributed by atoms with Crippen LogP contribution in [0, 0.1) is 29.4 Å². The van der Waals surface area contributed by atoms with Crippen molar-refractivity contribution in [1.82, 2.24) is 4.90 Å². The van der Waals surface area contributed by atoms with Crippen molar-refractivity contribution < 1.29 is 18.4 Å². The van der Waals surface area contributed by atoms with Gasteiger partial charge in [0.25, 0.3) is 0 Å². The lowest BCUT2D eigenvalue weighted by atomic mass is 10.00.